The van der Waals surface area contributed by atoms with Crippen molar-refractivity contribution in [2.45, 2.75) is 31.8 Å². The van der Waals surface area contributed by atoms with E-state index < -0.39 is 0 Å². The summed E-state index contributed by atoms with van der Waals surface area (Å²) in [5.74, 6) is 0. The molecular formula is C24H27N3. The molecule has 0 aliphatic carbocycles. The van der Waals surface area contributed by atoms with Crippen LogP contribution < -0.4 is 5.32 Å². The van der Waals surface area contributed by atoms with Gasteiger partial charge >= 0.3 is 0 Å². The van der Waals surface area contributed by atoms with Crippen LogP contribution >= 0.6 is 0 Å². The summed E-state index contributed by atoms with van der Waals surface area (Å²) in [6.07, 6.45) is 3.16. The maximum Gasteiger partial charge on any atom is 0.0680 e. The summed E-state index contributed by atoms with van der Waals surface area (Å²) < 4.78 is 0. The Hall–Kier alpha value is -2.94. The molecule has 0 amide bonds. The van der Waals surface area contributed by atoms with Crippen molar-refractivity contribution in [3.63, 3.8) is 0 Å². The number of H-pyrrole nitrogens is 1. The Bertz CT molecular complexity index is 905. The van der Waals surface area contributed by atoms with E-state index in [-0.39, 0.29) is 0 Å². The van der Waals surface area contributed by atoms with Gasteiger partial charge in [-0.2, -0.15) is 0 Å². The van der Waals surface area contributed by atoms with Crippen molar-refractivity contribution in [3.8, 4) is 0 Å². The number of para-hydroxylation sites is 1. The third-order valence-electron chi connectivity index (χ3n) is 5.40. The second-order valence-electron chi connectivity index (χ2n) is 7.34. The lowest BCUT2D eigenvalue weighted by atomic mass is 10.1. The summed E-state index contributed by atoms with van der Waals surface area (Å²) in [7, 11) is 0. The number of allylic oxidation sites excluding steroid dienone is 1. The number of nitrogens with zero attached hydrogens (tertiary/aromatic N) is 1. The zero-order valence-corrected chi connectivity index (χ0v) is 15.7. The van der Waals surface area contributed by atoms with Crippen molar-refractivity contribution in [2.75, 3.05) is 6.54 Å². The molecule has 2 N–H and O–H groups in total. The SMILES string of the molecule is C=C(NCc1ccccc1)C1CCCN1C(=C)Cc1cc2ccccc2[nH]1. The quantitative estimate of drug-likeness (QED) is 0.624. The van der Waals surface area contributed by atoms with Crippen molar-refractivity contribution < 1.29 is 0 Å². The van der Waals surface area contributed by atoms with Crippen molar-refractivity contribution in [2.24, 2.45) is 0 Å². The highest BCUT2D eigenvalue weighted by molar-refractivity contribution is 5.80. The molecule has 1 aliphatic heterocycles. The molecule has 4 rings (SSSR count). The maximum absolute atomic E-state index is 4.39. The minimum Gasteiger partial charge on any atom is -0.383 e. The molecule has 2 aromatic carbocycles. The molecule has 3 nitrogen and oxygen atoms in total. The smallest absolute Gasteiger partial charge is 0.0680 e. The average Bonchev–Trinajstić information content (AvgIpc) is 3.33. The molecule has 3 heteroatoms. The second-order valence-corrected chi connectivity index (χ2v) is 7.34. The highest BCUT2D eigenvalue weighted by atomic mass is 15.2. The molecule has 1 unspecified atom stereocenters. The molecule has 0 bridgehead atoms. The third kappa shape index (κ3) is 3.92. The van der Waals surface area contributed by atoms with Crippen molar-refractivity contribution in [1.29, 1.82) is 0 Å². The first-order valence-electron chi connectivity index (χ1n) is 9.68. The predicted molar refractivity (Wildman–Crippen MR) is 113 cm³/mol. The molecular weight excluding hydrogens is 330 g/mol. The van der Waals surface area contributed by atoms with E-state index in [1.165, 1.54) is 28.6 Å². The molecule has 1 saturated heterocycles. The van der Waals surface area contributed by atoms with Crippen LogP contribution in [0.3, 0.4) is 0 Å². The van der Waals surface area contributed by atoms with Gasteiger partial charge in [0.2, 0.25) is 0 Å². The number of rotatable bonds is 7. The van der Waals surface area contributed by atoms with Gasteiger partial charge in [-0.05, 0) is 35.9 Å². The number of fused-ring (bicyclic) bond motifs is 1. The van der Waals surface area contributed by atoms with Gasteiger partial charge in [-0.15, -0.1) is 0 Å². The van der Waals surface area contributed by atoms with E-state index in [4.69, 9.17) is 0 Å². The van der Waals surface area contributed by atoms with Crippen molar-refractivity contribution in [1.82, 2.24) is 15.2 Å². The Morgan fingerprint density at radius 3 is 2.67 bits per heavy atom. The van der Waals surface area contributed by atoms with Gasteiger partial charge in [0.05, 0.1) is 6.04 Å². The number of aromatic nitrogens is 1. The Labute approximate surface area is 161 Å². The van der Waals surface area contributed by atoms with Gasteiger partial charge in [0, 0.05) is 42.1 Å². The summed E-state index contributed by atoms with van der Waals surface area (Å²) in [6.45, 7) is 10.6. The molecule has 27 heavy (non-hydrogen) atoms. The fourth-order valence-electron chi connectivity index (χ4n) is 3.99. The fraction of sp³-hybridized carbons (Fsp3) is 0.250. The second kappa shape index (κ2) is 7.75. The van der Waals surface area contributed by atoms with Crippen LogP contribution in [0.2, 0.25) is 0 Å². The molecule has 0 spiro atoms. The van der Waals surface area contributed by atoms with E-state index in [1.807, 2.05) is 6.07 Å². The van der Waals surface area contributed by atoms with Crippen LogP contribution in [0.15, 0.2) is 85.2 Å². The lowest BCUT2D eigenvalue weighted by Crippen LogP contribution is -2.35. The standard InChI is InChI=1S/C24H27N3/c1-18(15-22-16-21-11-6-7-12-23(21)26-22)27-14-8-13-24(27)19(2)25-17-20-9-4-3-5-10-20/h3-7,9-12,16,24-26H,1-2,8,13-15,17H2. The molecule has 1 aromatic heterocycles. The van der Waals surface area contributed by atoms with Crippen LogP contribution in [0.4, 0.5) is 0 Å². The first kappa shape index (κ1) is 17.5. The van der Waals surface area contributed by atoms with E-state index in [1.54, 1.807) is 0 Å². The summed E-state index contributed by atoms with van der Waals surface area (Å²) in [5.41, 5.74) is 5.93. The summed E-state index contributed by atoms with van der Waals surface area (Å²) >= 11 is 0. The average molecular weight is 358 g/mol. The van der Waals surface area contributed by atoms with Crippen LogP contribution in [0.5, 0.6) is 0 Å². The van der Waals surface area contributed by atoms with E-state index in [2.05, 4.69) is 83.0 Å². The first-order valence-corrected chi connectivity index (χ1v) is 9.68. The van der Waals surface area contributed by atoms with Crippen LogP contribution in [0.25, 0.3) is 10.9 Å². The Kier molecular flexibility index (Phi) is 5.01. The third-order valence-corrected chi connectivity index (χ3v) is 5.40. The maximum atomic E-state index is 4.39. The van der Waals surface area contributed by atoms with Crippen molar-refractivity contribution >= 4 is 10.9 Å². The van der Waals surface area contributed by atoms with Gasteiger partial charge in [-0.1, -0.05) is 61.7 Å². The molecule has 0 saturated carbocycles. The molecule has 1 aliphatic rings. The van der Waals surface area contributed by atoms with E-state index in [0.717, 1.165) is 37.3 Å². The molecule has 0 radical (unpaired) electrons. The van der Waals surface area contributed by atoms with E-state index in [9.17, 15) is 0 Å². The molecule has 2 heterocycles. The summed E-state index contributed by atoms with van der Waals surface area (Å²) in [6, 6.07) is 21.4. The van der Waals surface area contributed by atoms with Crippen LogP contribution in [-0.2, 0) is 13.0 Å². The largest absolute Gasteiger partial charge is 0.383 e. The first-order chi connectivity index (χ1) is 13.2. The molecule has 138 valence electrons. The number of hydrogen-bond acceptors (Lipinski definition) is 2. The summed E-state index contributed by atoms with van der Waals surface area (Å²) in [4.78, 5) is 5.94. The topological polar surface area (TPSA) is 31.1 Å². The monoisotopic (exact) mass is 357 g/mol. The van der Waals surface area contributed by atoms with Crippen molar-refractivity contribution in [3.05, 3.63) is 96.5 Å². The van der Waals surface area contributed by atoms with Gasteiger partial charge < -0.3 is 15.2 Å². The number of nitrogens with one attached hydrogen (secondary N) is 2. The van der Waals surface area contributed by atoms with Crippen LogP contribution in [0.1, 0.15) is 24.1 Å². The normalized spacial score (nSPS) is 16.6. The lowest BCUT2D eigenvalue weighted by Gasteiger charge is -2.30. The summed E-state index contributed by atoms with van der Waals surface area (Å²) in [5, 5.41) is 4.78. The highest BCUT2D eigenvalue weighted by Crippen LogP contribution is 2.27. The number of likely N-dealkylation sites (tertiary alicyclic amines) is 1. The number of benzene rings is 2. The highest BCUT2D eigenvalue weighted by Gasteiger charge is 2.27. The van der Waals surface area contributed by atoms with Gasteiger partial charge in [-0.25, -0.2) is 0 Å². The fourth-order valence-corrected chi connectivity index (χ4v) is 3.99. The lowest BCUT2D eigenvalue weighted by molar-refractivity contribution is 0.337. The molecule has 1 atom stereocenters. The van der Waals surface area contributed by atoms with Crippen LogP contribution in [-0.4, -0.2) is 22.5 Å². The van der Waals surface area contributed by atoms with Gasteiger partial charge in [-0.3, -0.25) is 0 Å². The number of aromatic amines is 1. The Balaban J connectivity index is 1.39. The number of hydrogen-bond donors (Lipinski definition) is 2. The molecule has 1 fully saturated rings. The zero-order valence-electron chi connectivity index (χ0n) is 15.7. The van der Waals surface area contributed by atoms with Gasteiger partial charge in [0.15, 0.2) is 0 Å². The minimum atomic E-state index is 0.325. The van der Waals surface area contributed by atoms with E-state index in [0.29, 0.717) is 6.04 Å². The van der Waals surface area contributed by atoms with Gasteiger partial charge in [0.1, 0.15) is 0 Å². The molecule has 3 aromatic rings. The zero-order chi connectivity index (χ0) is 18.6. The minimum absolute atomic E-state index is 0.325. The predicted octanol–water partition coefficient (Wildman–Crippen LogP) is 4.99. The Morgan fingerprint density at radius 1 is 1.07 bits per heavy atom. The van der Waals surface area contributed by atoms with E-state index >= 15 is 0 Å². The Morgan fingerprint density at radius 2 is 1.85 bits per heavy atom. The van der Waals surface area contributed by atoms with Crippen LogP contribution in [0, 0.1) is 0 Å². The van der Waals surface area contributed by atoms with Gasteiger partial charge in [0.25, 0.3) is 0 Å².